The average molecular weight is 363 g/mol. The Morgan fingerprint density at radius 1 is 1.28 bits per heavy atom. The number of rotatable bonds is 4. The zero-order chi connectivity index (χ0) is 18.1. The Labute approximate surface area is 152 Å². The van der Waals surface area contributed by atoms with Crippen LogP contribution in [0.25, 0.3) is 0 Å². The number of hydrogen-bond acceptors (Lipinski definition) is 6. The Morgan fingerprint density at radius 3 is 2.56 bits per heavy atom. The largest absolute Gasteiger partial charge is 0.466 e. The summed E-state index contributed by atoms with van der Waals surface area (Å²) in [7, 11) is 0. The first-order valence-corrected chi connectivity index (χ1v) is 9.41. The number of ether oxygens (including phenoxy) is 1. The number of anilines is 1. The second kappa shape index (κ2) is 7.27. The van der Waals surface area contributed by atoms with E-state index >= 15 is 0 Å². The van der Waals surface area contributed by atoms with E-state index in [4.69, 9.17) is 9.15 Å². The second-order valence-electron chi connectivity index (χ2n) is 6.76. The molecule has 7 heteroatoms. The molecule has 2 aromatic heterocycles. The van der Waals surface area contributed by atoms with Crippen molar-refractivity contribution < 1.29 is 13.9 Å². The lowest BCUT2D eigenvalue weighted by molar-refractivity contribution is -0.0707. The van der Waals surface area contributed by atoms with E-state index in [9.17, 15) is 4.79 Å². The van der Waals surface area contributed by atoms with Gasteiger partial charge in [0.25, 0.3) is 5.91 Å². The zero-order valence-corrected chi connectivity index (χ0v) is 16.2. The first kappa shape index (κ1) is 18.1. The molecule has 0 spiro atoms. The van der Waals surface area contributed by atoms with Crippen LogP contribution < -0.4 is 5.32 Å². The number of nitrogens with one attached hydrogen (secondary N) is 1. The predicted molar refractivity (Wildman–Crippen MR) is 98.3 cm³/mol. The van der Waals surface area contributed by atoms with E-state index in [1.165, 1.54) is 11.3 Å². The van der Waals surface area contributed by atoms with Crippen LogP contribution in [-0.2, 0) is 11.3 Å². The highest BCUT2D eigenvalue weighted by Crippen LogP contribution is 2.24. The molecule has 1 N–H and O–H groups in total. The number of aryl methyl sites for hydroxylation is 2. The number of amides is 1. The first-order valence-electron chi connectivity index (χ1n) is 8.53. The number of furan rings is 1. The highest BCUT2D eigenvalue weighted by Gasteiger charge is 2.23. The molecule has 1 fully saturated rings. The van der Waals surface area contributed by atoms with Crippen LogP contribution in [0, 0.1) is 20.8 Å². The molecule has 0 saturated carbocycles. The minimum absolute atomic E-state index is 0.165. The van der Waals surface area contributed by atoms with Crippen molar-refractivity contribution in [3.63, 3.8) is 0 Å². The fraction of sp³-hybridized carbons (Fsp3) is 0.556. The lowest BCUT2D eigenvalue weighted by atomic mass is 10.1. The van der Waals surface area contributed by atoms with E-state index in [1.807, 2.05) is 26.2 Å². The van der Waals surface area contributed by atoms with Crippen LogP contribution in [0.1, 0.15) is 47.0 Å². The highest BCUT2D eigenvalue weighted by atomic mass is 32.1. The summed E-state index contributed by atoms with van der Waals surface area (Å²) in [5.41, 5.74) is 2.45. The van der Waals surface area contributed by atoms with E-state index in [2.05, 4.69) is 29.0 Å². The van der Waals surface area contributed by atoms with Gasteiger partial charge in [0.2, 0.25) is 0 Å². The summed E-state index contributed by atoms with van der Waals surface area (Å²) < 4.78 is 11.3. The molecule has 6 nitrogen and oxygen atoms in total. The van der Waals surface area contributed by atoms with E-state index in [0.717, 1.165) is 36.7 Å². The lowest BCUT2D eigenvalue weighted by Crippen LogP contribution is -2.44. The van der Waals surface area contributed by atoms with Crippen molar-refractivity contribution in [3.05, 3.63) is 33.7 Å². The van der Waals surface area contributed by atoms with E-state index in [1.54, 1.807) is 0 Å². The summed E-state index contributed by atoms with van der Waals surface area (Å²) >= 11 is 1.45. The Hall–Kier alpha value is -1.70. The smallest absolute Gasteiger partial charge is 0.261 e. The minimum Gasteiger partial charge on any atom is -0.466 e. The van der Waals surface area contributed by atoms with Crippen molar-refractivity contribution in [1.82, 2.24) is 9.88 Å². The standard InChI is InChI=1S/C18H25N3O3S/c1-10-6-21(7-11(2)23-10)8-15-9-25-18(19-15)20-17(22)16-12(3)13(4)24-14(16)5/h9-11H,6-8H2,1-5H3,(H,19,20,22). The molecule has 1 aliphatic rings. The van der Waals surface area contributed by atoms with E-state index in [-0.39, 0.29) is 18.1 Å². The van der Waals surface area contributed by atoms with Gasteiger partial charge in [0.15, 0.2) is 5.13 Å². The molecule has 2 unspecified atom stereocenters. The molecule has 136 valence electrons. The summed E-state index contributed by atoms with van der Waals surface area (Å²) in [6.45, 7) is 12.3. The molecular weight excluding hydrogens is 338 g/mol. The quantitative estimate of drug-likeness (QED) is 0.900. The van der Waals surface area contributed by atoms with Crippen LogP contribution in [0.3, 0.4) is 0 Å². The fourth-order valence-electron chi connectivity index (χ4n) is 3.37. The maximum Gasteiger partial charge on any atom is 0.261 e. The maximum absolute atomic E-state index is 12.5. The van der Waals surface area contributed by atoms with Crippen molar-refractivity contribution in [2.45, 2.75) is 53.4 Å². The molecule has 2 atom stereocenters. The van der Waals surface area contributed by atoms with E-state index < -0.39 is 0 Å². The lowest BCUT2D eigenvalue weighted by Gasteiger charge is -2.34. The topological polar surface area (TPSA) is 67.6 Å². The van der Waals surface area contributed by atoms with Gasteiger partial charge >= 0.3 is 0 Å². The van der Waals surface area contributed by atoms with Crippen molar-refractivity contribution in [3.8, 4) is 0 Å². The van der Waals surface area contributed by atoms with Gasteiger partial charge in [0.1, 0.15) is 11.5 Å². The highest BCUT2D eigenvalue weighted by molar-refractivity contribution is 7.14. The van der Waals surface area contributed by atoms with Crippen LogP contribution in [0.5, 0.6) is 0 Å². The number of thiazole rings is 1. The molecule has 2 aromatic rings. The normalized spacial score (nSPS) is 21.5. The molecule has 0 bridgehead atoms. The van der Waals surface area contributed by atoms with Gasteiger partial charge in [-0.1, -0.05) is 0 Å². The Kier molecular flexibility index (Phi) is 5.27. The number of hydrogen-bond donors (Lipinski definition) is 1. The molecule has 1 amide bonds. The molecule has 3 heterocycles. The number of aromatic nitrogens is 1. The van der Waals surface area contributed by atoms with Gasteiger partial charge in [-0.15, -0.1) is 11.3 Å². The van der Waals surface area contributed by atoms with Gasteiger partial charge in [-0.05, 0) is 34.6 Å². The van der Waals surface area contributed by atoms with Gasteiger partial charge in [0, 0.05) is 30.6 Å². The molecule has 25 heavy (non-hydrogen) atoms. The Balaban J connectivity index is 1.64. The van der Waals surface area contributed by atoms with Gasteiger partial charge in [-0.2, -0.15) is 0 Å². The predicted octanol–water partition coefficient (Wildman–Crippen LogP) is 3.52. The van der Waals surface area contributed by atoms with Crippen molar-refractivity contribution in [2.75, 3.05) is 18.4 Å². The third-order valence-electron chi connectivity index (χ3n) is 4.44. The maximum atomic E-state index is 12.5. The third kappa shape index (κ3) is 4.11. The third-order valence-corrected chi connectivity index (χ3v) is 5.25. The van der Waals surface area contributed by atoms with Gasteiger partial charge in [-0.3, -0.25) is 15.0 Å². The Morgan fingerprint density at radius 2 is 1.96 bits per heavy atom. The van der Waals surface area contributed by atoms with Gasteiger partial charge < -0.3 is 9.15 Å². The average Bonchev–Trinajstić information content (AvgIpc) is 3.02. The van der Waals surface area contributed by atoms with Crippen molar-refractivity contribution in [1.29, 1.82) is 0 Å². The minimum atomic E-state index is -0.165. The van der Waals surface area contributed by atoms with Crippen molar-refractivity contribution in [2.24, 2.45) is 0 Å². The first-order chi connectivity index (χ1) is 11.8. The molecular formula is C18H25N3O3S. The summed E-state index contributed by atoms with van der Waals surface area (Å²) in [6, 6.07) is 0. The summed E-state index contributed by atoms with van der Waals surface area (Å²) in [5.74, 6) is 1.25. The summed E-state index contributed by atoms with van der Waals surface area (Å²) in [4.78, 5) is 19.4. The van der Waals surface area contributed by atoms with Gasteiger partial charge in [-0.25, -0.2) is 4.98 Å². The van der Waals surface area contributed by atoms with E-state index in [0.29, 0.717) is 16.5 Å². The zero-order valence-electron chi connectivity index (χ0n) is 15.4. The monoisotopic (exact) mass is 363 g/mol. The summed E-state index contributed by atoms with van der Waals surface area (Å²) in [5, 5.41) is 5.51. The fourth-order valence-corrected chi connectivity index (χ4v) is 4.06. The van der Waals surface area contributed by atoms with Crippen LogP contribution in [-0.4, -0.2) is 41.1 Å². The number of nitrogens with zero attached hydrogens (tertiary/aromatic N) is 2. The molecule has 0 aromatic carbocycles. The molecule has 3 rings (SSSR count). The number of morpholine rings is 1. The van der Waals surface area contributed by atoms with Gasteiger partial charge in [0.05, 0.1) is 23.5 Å². The number of carbonyl (C=O) groups is 1. The molecule has 0 aliphatic carbocycles. The molecule has 1 saturated heterocycles. The van der Waals surface area contributed by atoms with Crippen LogP contribution in [0.4, 0.5) is 5.13 Å². The van der Waals surface area contributed by atoms with Crippen LogP contribution in [0.2, 0.25) is 0 Å². The van der Waals surface area contributed by atoms with Crippen LogP contribution >= 0.6 is 11.3 Å². The SMILES string of the molecule is Cc1oc(C)c(C(=O)Nc2nc(CN3CC(C)OC(C)C3)cs2)c1C. The number of carbonyl (C=O) groups excluding carboxylic acids is 1. The second-order valence-corrected chi connectivity index (χ2v) is 7.62. The molecule has 1 aliphatic heterocycles. The Bertz CT molecular complexity index is 758. The summed E-state index contributed by atoms with van der Waals surface area (Å²) in [6.07, 6.45) is 0.466. The molecule has 0 radical (unpaired) electrons. The van der Waals surface area contributed by atoms with Crippen molar-refractivity contribution >= 4 is 22.4 Å². The van der Waals surface area contributed by atoms with Crippen LogP contribution in [0.15, 0.2) is 9.80 Å².